The van der Waals surface area contributed by atoms with Crippen LogP contribution in [-0.4, -0.2) is 23.9 Å². The molecule has 0 spiro atoms. The summed E-state index contributed by atoms with van der Waals surface area (Å²) in [7, 11) is 1.60. The van der Waals surface area contributed by atoms with Crippen molar-refractivity contribution in [3.8, 4) is 5.75 Å². The van der Waals surface area contributed by atoms with Crippen molar-refractivity contribution in [3.05, 3.63) is 29.8 Å². The maximum Gasteiger partial charge on any atom is 0.219 e. The standard InChI is InChI=1S/C10H11ClO2S/c1-13-9-4-2-8(3-5-9)10(12)14-7-6-11/h2-5H,6-7H2,1H3. The topological polar surface area (TPSA) is 26.3 Å². The predicted octanol–water partition coefficient (Wildman–Crippen LogP) is 2.81. The Labute approximate surface area is 92.6 Å². The molecule has 1 rings (SSSR count). The molecule has 0 saturated carbocycles. The Hall–Kier alpha value is -0.670. The number of thioether (sulfide) groups is 1. The number of methoxy groups -OCH3 is 1. The molecule has 0 aliphatic heterocycles. The second-order valence-electron chi connectivity index (χ2n) is 2.55. The van der Waals surface area contributed by atoms with Gasteiger partial charge in [-0.05, 0) is 24.3 Å². The highest BCUT2D eigenvalue weighted by Gasteiger charge is 2.05. The molecule has 0 unspecified atom stereocenters. The largest absolute Gasteiger partial charge is 0.497 e. The Morgan fingerprint density at radius 1 is 1.43 bits per heavy atom. The van der Waals surface area contributed by atoms with Crippen LogP contribution in [0.5, 0.6) is 5.75 Å². The Balaban J connectivity index is 2.62. The van der Waals surface area contributed by atoms with Crippen LogP contribution in [0.1, 0.15) is 10.4 Å². The summed E-state index contributed by atoms with van der Waals surface area (Å²) < 4.78 is 4.99. The quantitative estimate of drug-likeness (QED) is 0.744. The number of halogens is 1. The first-order valence-electron chi connectivity index (χ1n) is 4.15. The first kappa shape index (κ1) is 11.4. The summed E-state index contributed by atoms with van der Waals surface area (Å²) in [5, 5.41) is 0.0494. The molecular formula is C10H11ClO2S. The van der Waals surface area contributed by atoms with Crippen molar-refractivity contribution in [2.24, 2.45) is 0 Å². The van der Waals surface area contributed by atoms with Crippen molar-refractivity contribution in [3.63, 3.8) is 0 Å². The van der Waals surface area contributed by atoms with E-state index in [4.69, 9.17) is 16.3 Å². The van der Waals surface area contributed by atoms with Crippen LogP contribution in [0.2, 0.25) is 0 Å². The van der Waals surface area contributed by atoms with Crippen LogP contribution in [0.15, 0.2) is 24.3 Å². The molecule has 4 heteroatoms. The highest BCUT2D eigenvalue weighted by molar-refractivity contribution is 8.14. The van der Waals surface area contributed by atoms with Gasteiger partial charge < -0.3 is 4.74 Å². The minimum atomic E-state index is 0.0494. The van der Waals surface area contributed by atoms with Crippen LogP contribution in [-0.2, 0) is 0 Å². The second kappa shape index (κ2) is 5.94. The van der Waals surface area contributed by atoms with Gasteiger partial charge in [0.05, 0.1) is 7.11 Å². The highest BCUT2D eigenvalue weighted by Crippen LogP contribution is 2.16. The molecular weight excluding hydrogens is 220 g/mol. The molecule has 0 bridgehead atoms. The molecule has 0 atom stereocenters. The summed E-state index contributed by atoms with van der Waals surface area (Å²) >= 11 is 6.72. The number of alkyl halides is 1. The Morgan fingerprint density at radius 3 is 2.57 bits per heavy atom. The van der Waals surface area contributed by atoms with E-state index < -0.39 is 0 Å². The van der Waals surface area contributed by atoms with Gasteiger partial charge in [0.25, 0.3) is 0 Å². The van der Waals surface area contributed by atoms with Gasteiger partial charge >= 0.3 is 0 Å². The van der Waals surface area contributed by atoms with E-state index in [1.165, 1.54) is 11.8 Å². The number of rotatable bonds is 4. The zero-order valence-corrected chi connectivity index (χ0v) is 9.40. The number of carbonyl (C=O) groups is 1. The lowest BCUT2D eigenvalue weighted by molar-refractivity contribution is 0.108. The third kappa shape index (κ3) is 3.24. The van der Waals surface area contributed by atoms with Crippen molar-refractivity contribution in [1.82, 2.24) is 0 Å². The van der Waals surface area contributed by atoms with Gasteiger partial charge in [0.1, 0.15) is 5.75 Å². The maximum absolute atomic E-state index is 11.5. The van der Waals surface area contributed by atoms with E-state index in [-0.39, 0.29) is 5.12 Å². The van der Waals surface area contributed by atoms with Crippen LogP contribution in [0.4, 0.5) is 0 Å². The maximum atomic E-state index is 11.5. The van der Waals surface area contributed by atoms with E-state index in [9.17, 15) is 4.79 Å². The van der Waals surface area contributed by atoms with Crippen molar-refractivity contribution < 1.29 is 9.53 Å². The van der Waals surface area contributed by atoms with Gasteiger partial charge in [-0.3, -0.25) is 4.79 Å². The van der Waals surface area contributed by atoms with Gasteiger partial charge in [0.15, 0.2) is 0 Å². The van der Waals surface area contributed by atoms with Crippen LogP contribution >= 0.6 is 23.4 Å². The molecule has 0 N–H and O–H groups in total. The van der Waals surface area contributed by atoms with Crippen molar-refractivity contribution >= 4 is 28.5 Å². The molecule has 0 fully saturated rings. The normalized spacial score (nSPS) is 9.86. The van der Waals surface area contributed by atoms with Crippen LogP contribution < -0.4 is 4.74 Å². The van der Waals surface area contributed by atoms with Gasteiger partial charge in [-0.1, -0.05) is 11.8 Å². The average molecular weight is 231 g/mol. The Morgan fingerprint density at radius 2 is 2.07 bits per heavy atom. The number of carbonyl (C=O) groups excluding carboxylic acids is 1. The molecule has 0 aromatic heterocycles. The molecule has 14 heavy (non-hydrogen) atoms. The van der Waals surface area contributed by atoms with Gasteiger partial charge in [-0.2, -0.15) is 0 Å². The summed E-state index contributed by atoms with van der Waals surface area (Å²) in [5.41, 5.74) is 0.681. The molecule has 0 radical (unpaired) electrons. The molecule has 0 aliphatic rings. The van der Waals surface area contributed by atoms with E-state index in [1.54, 1.807) is 31.4 Å². The molecule has 0 saturated heterocycles. The summed E-state index contributed by atoms with van der Waals surface area (Å²) in [5.74, 6) is 1.89. The second-order valence-corrected chi connectivity index (χ2v) is 4.00. The fourth-order valence-electron chi connectivity index (χ4n) is 0.942. The van der Waals surface area contributed by atoms with Crippen LogP contribution in [0.3, 0.4) is 0 Å². The first-order chi connectivity index (χ1) is 6.77. The van der Waals surface area contributed by atoms with E-state index in [1.807, 2.05) is 0 Å². The van der Waals surface area contributed by atoms with E-state index >= 15 is 0 Å². The number of ether oxygens (including phenoxy) is 1. The molecule has 0 amide bonds. The molecule has 76 valence electrons. The molecule has 0 heterocycles. The summed E-state index contributed by atoms with van der Waals surface area (Å²) in [6, 6.07) is 7.05. The van der Waals surface area contributed by atoms with Gasteiger partial charge in [0, 0.05) is 17.2 Å². The summed E-state index contributed by atoms with van der Waals surface area (Å²) in [4.78, 5) is 11.5. The zero-order chi connectivity index (χ0) is 10.4. The van der Waals surface area contributed by atoms with E-state index in [0.29, 0.717) is 17.2 Å². The predicted molar refractivity (Wildman–Crippen MR) is 60.5 cm³/mol. The number of hydrogen-bond acceptors (Lipinski definition) is 3. The zero-order valence-electron chi connectivity index (χ0n) is 7.83. The molecule has 2 nitrogen and oxygen atoms in total. The fourth-order valence-corrected chi connectivity index (χ4v) is 1.74. The fraction of sp³-hybridized carbons (Fsp3) is 0.300. The van der Waals surface area contributed by atoms with Gasteiger partial charge in [-0.25, -0.2) is 0 Å². The lowest BCUT2D eigenvalue weighted by Gasteiger charge is -2.01. The number of hydrogen-bond donors (Lipinski definition) is 0. The van der Waals surface area contributed by atoms with E-state index in [2.05, 4.69) is 0 Å². The monoisotopic (exact) mass is 230 g/mol. The smallest absolute Gasteiger partial charge is 0.219 e. The third-order valence-electron chi connectivity index (χ3n) is 1.64. The lowest BCUT2D eigenvalue weighted by atomic mass is 10.2. The van der Waals surface area contributed by atoms with Gasteiger partial charge in [-0.15, -0.1) is 11.6 Å². The number of benzene rings is 1. The summed E-state index contributed by atoms with van der Waals surface area (Å²) in [6.07, 6.45) is 0. The minimum Gasteiger partial charge on any atom is -0.497 e. The Bertz CT molecular complexity index is 297. The average Bonchev–Trinajstić information content (AvgIpc) is 2.26. The van der Waals surface area contributed by atoms with Crippen LogP contribution in [0.25, 0.3) is 0 Å². The minimum absolute atomic E-state index is 0.0494. The molecule has 1 aromatic carbocycles. The van der Waals surface area contributed by atoms with E-state index in [0.717, 1.165) is 5.75 Å². The SMILES string of the molecule is COc1ccc(C(=O)SCCCl)cc1. The summed E-state index contributed by atoms with van der Waals surface area (Å²) in [6.45, 7) is 0. The van der Waals surface area contributed by atoms with Crippen molar-refractivity contribution in [2.45, 2.75) is 0 Å². The lowest BCUT2D eigenvalue weighted by Crippen LogP contribution is -1.95. The van der Waals surface area contributed by atoms with Gasteiger partial charge in [0.2, 0.25) is 5.12 Å². The Kier molecular flexibility index (Phi) is 4.84. The first-order valence-corrected chi connectivity index (χ1v) is 5.67. The van der Waals surface area contributed by atoms with Crippen LogP contribution in [0, 0.1) is 0 Å². The third-order valence-corrected chi connectivity index (χ3v) is 2.96. The van der Waals surface area contributed by atoms with Crippen molar-refractivity contribution in [1.29, 1.82) is 0 Å². The molecule has 1 aromatic rings. The molecule has 0 aliphatic carbocycles. The highest BCUT2D eigenvalue weighted by atomic mass is 35.5. The van der Waals surface area contributed by atoms with Crippen molar-refractivity contribution in [2.75, 3.05) is 18.7 Å².